The van der Waals surface area contributed by atoms with Crippen molar-refractivity contribution in [1.82, 2.24) is 19.4 Å². The highest BCUT2D eigenvalue weighted by Gasteiger charge is 2.20. The summed E-state index contributed by atoms with van der Waals surface area (Å²) in [5.74, 6) is 0.441. The van der Waals surface area contributed by atoms with Crippen molar-refractivity contribution in [3.05, 3.63) is 83.3 Å². The van der Waals surface area contributed by atoms with Crippen LogP contribution < -0.4 is 25.8 Å². The maximum Gasteiger partial charge on any atom is 0.274 e. The van der Waals surface area contributed by atoms with Crippen molar-refractivity contribution in [2.75, 3.05) is 48.8 Å². The third-order valence-electron chi connectivity index (χ3n) is 6.94. The Morgan fingerprint density at radius 1 is 1.10 bits per heavy atom. The van der Waals surface area contributed by atoms with Crippen LogP contribution in [-0.2, 0) is 9.59 Å². The average molecular weight is 565 g/mol. The van der Waals surface area contributed by atoms with Gasteiger partial charge < -0.3 is 25.2 Å². The monoisotopic (exact) mass is 564 g/mol. The van der Waals surface area contributed by atoms with E-state index in [4.69, 9.17) is 4.74 Å². The third-order valence-corrected chi connectivity index (χ3v) is 6.94. The van der Waals surface area contributed by atoms with Crippen LogP contribution in [0.4, 0.5) is 23.0 Å². The summed E-state index contributed by atoms with van der Waals surface area (Å²) in [5, 5.41) is 15.9. The van der Waals surface area contributed by atoms with E-state index in [2.05, 4.69) is 32.1 Å². The van der Waals surface area contributed by atoms with Gasteiger partial charge in [0.2, 0.25) is 17.8 Å². The summed E-state index contributed by atoms with van der Waals surface area (Å²) in [6, 6.07) is 15.7. The van der Waals surface area contributed by atoms with Gasteiger partial charge in [0.05, 0.1) is 18.5 Å². The van der Waals surface area contributed by atoms with Gasteiger partial charge in [-0.15, -0.1) is 0 Å². The fraction of sp³-hybridized carbons (Fsp3) is 0.200. The number of nitriles is 1. The van der Waals surface area contributed by atoms with Gasteiger partial charge in [0.1, 0.15) is 17.4 Å². The second-order valence-corrected chi connectivity index (χ2v) is 9.53. The summed E-state index contributed by atoms with van der Waals surface area (Å²) < 4.78 is 6.96. The topological polar surface area (TPSA) is 145 Å². The van der Waals surface area contributed by atoms with Crippen LogP contribution in [0.1, 0.15) is 12.5 Å². The summed E-state index contributed by atoms with van der Waals surface area (Å²) in [4.78, 5) is 49.9. The molecule has 0 radical (unpaired) electrons. The number of ether oxygens (including phenoxy) is 1. The normalized spacial score (nSPS) is 12.9. The van der Waals surface area contributed by atoms with E-state index >= 15 is 0 Å². The number of pyridine rings is 1. The molecule has 1 aliphatic rings. The number of carbonyl (C=O) groups excluding carboxylic acids is 2. The molecule has 42 heavy (non-hydrogen) atoms. The molecule has 1 aliphatic heterocycles. The first-order valence-electron chi connectivity index (χ1n) is 13.1. The first kappa shape index (κ1) is 27.9. The molecule has 2 aromatic carbocycles. The molecule has 2 aromatic heterocycles. The number of carbonyl (C=O) groups is 2. The lowest BCUT2D eigenvalue weighted by Gasteiger charge is -2.35. The zero-order valence-electron chi connectivity index (χ0n) is 23.1. The second-order valence-electron chi connectivity index (χ2n) is 9.53. The van der Waals surface area contributed by atoms with Crippen LogP contribution in [0.25, 0.3) is 16.7 Å². The van der Waals surface area contributed by atoms with Gasteiger partial charge in [0.25, 0.3) is 5.56 Å². The molecule has 212 valence electrons. The van der Waals surface area contributed by atoms with E-state index in [1.807, 2.05) is 29.2 Å². The number of benzene rings is 2. The fourth-order valence-corrected chi connectivity index (χ4v) is 4.77. The van der Waals surface area contributed by atoms with Crippen molar-refractivity contribution in [3.63, 3.8) is 0 Å². The second kappa shape index (κ2) is 11.8. The van der Waals surface area contributed by atoms with Crippen LogP contribution in [0.5, 0.6) is 5.75 Å². The highest BCUT2D eigenvalue weighted by atomic mass is 16.5. The van der Waals surface area contributed by atoms with Gasteiger partial charge >= 0.3 is 0 Å². The molecule has 0 spiro atoms. The fourth-order valence-electron chi connectivity index (χ4n) is 4.77. The number of fused-ring (bicyclic) bond motifs is 1. The van der Waals surface area contributed by atoms with Crippen LogP contribution >= 0.6 is 0 Å². The molecule has 1 saturated heterocycles. The molecule has 12 heteroatoms. The van der Waals surface area contributed by atoms with Crippen LogP contribution in [0, 0.1) is 11.3 Å². The van der Waals surface area contributed by atoms with Gasteiger partial charge in [-0.2, -0.15) is 10.2 Å². The molecule has 1 fully saturated rings. The highest BCUT2D eigenvalue weighted by Crippen LogP contribution is 2.32. The molecular weight excluding hydrogens is 536 g/mol. The van der Waals surface area contributed by atoms with E-state index in [9.17, 15) is 19.6 Å². The van der Waals surface area contributed by atoms with E-state index in [1.165, 1.54) is 16.8 Å². The summed E-state index contributed by atoms with van der Waals surface area (Å²) in [6.45, 7) is 7.77. The Balaban J connectivity index is 1.50. The number of piperazine rings is 1. The van der Waals surface area contributed by atoms with Crippen molar-refractivity contribution < 1.29 is 14.3 Å². The van der Waals surface area contributed by atoms with Crippen LogP contribution in [0.2, 0.25) is 0 Å². The Morgan fingerprint density at radius 3 is 2.57 bits per heavy atom. The number of nitrogens with zero attached hydrogens (tertiary/aromatic N) is 6. The molecule has 3 heterocycles. The molecular formula is C30H28N8O4. The first-order chi connectivity index (χ1) is 20.3. The van der Waals surface area contributed by atoms with Gasteiger partial charge in [0.15, 0.2) is 5.65 Å². The van der Waals surface area contributed by atoms with E-state index in [0.717, 1.165) is 11.8 Å². The van der Waals surface area contributed by atoms with Crippen molar-refractivity contribution in [3.8, 4) is 17.5 Å². The maximum atomic E-state index is 13.3. The zero-order chi connectivity index (χ0) is 29.8. The average Bonchev–Trinajstić information content (AvgIpc) is 3.01. The number of aromatic nitrogens is 3. The lowest BCUT2D eigenvalue weighted by molar-refractivity contribution is -0.129. The Morgan fingerprint density at radius 2 is 1.88 bits per heavy atom. The van der Waals surface area contributed by atoms with Crippen LogP contribution in [0.15, 0.2) is 72.2 Å². The first-order valence-corrected chi connectivity index (χ1v) is 13.1. The Labute approximate surface area is 241 Å². The van der Waals surface area contributed by atoms with Crippen molar-refractivity contribution in [1.29, 1.82) is 5.26 Å². The largest absolute Gasteiger partial charge is 0.494 e. The van der Waals surface area contributed by atoms with Gasteiger partial charge in [-0.25, -0.2) is 4.98 Å². The molecule has 2 amide bonds. The predicted octanol–water partition coefficient (Wildman–Crippen LogP) is 3.20. The van der Waals surface area contributed by atoms with Gasteiger partial charge in [-0.3, -0.25) is 19.0 Å². The van der Waals surface area contributed by atoms with Crippen LogP contribution in [-0.4, -0.2) is 64.5 Å². The Kier molecular flexibility index (Phi) is 7.83. The standard InChI is InChI=1S/C30H28N8O4/c1-4-27(40)33-22-6-5-7-24(15-22)38-28-21(14-20(17-31)29(38)41)18-32-30(35-28)34-25-9-8-23(16-26(25)42-3)37-12-10-36(11-13-37)19(2)39/h4-9,14-16,18H,1,10-13H2,2-3H3,(H,33,40)(H,32,34,35). The lowest BCUT2D eigenvalue weighted by atomic mass is 10.2. The van der Waals surface area contributed by atoms with E-state index in [-0.39, 0.29) is 23.1 Å². The van der Waals surface area contributed by atoms with E-state index in [1.54, 1.807) is 38.3 Å². The summed E-state index contributed by atoms with van der Waals surface area (Å²) >= 11 is 0. The molecule has 5 rings (SSSR count). The van der Waals surface area contributed by atoms with Gasteiger partial charge in [-0.1, -0.05) is 12.6 Å². The van der Waals surface area contributed by atoms with Gasteiger partial charge in [-0.05, 0) is 42.5 Å². The summed E-state index contributed by atoms with van der Waals surface area (Å²) in [7, 11) is 1.57. The van der Waals surface area contributed by atoms with Crippen molar-refractivity contribution >= 4 is 45.9 Å². The summed E-state index contributed by atoms with van der Waals surface area (Å²) in [5.41, 5.74) is 2.05. The van der Waals surface area contributed by atoms with E-state index < -0.39 is 11.5 Å². The molecule has 4 aromatic rings. The predicted molar refractivity (Wildman–Crippen MR) is 159 cm³/mol. The Hall–Kier alpha value is -5.70. The number of methoxy groups -OCH3 is 1. The highest BCUT2D eigenvalue weighted by molar-refractivity contribution is 5.99. The van der Waals surface area contributed by atoms with Crippen LogP contribution in [0.3, 0.4) is 0 Å². The molecule has 12 nitrogen and oxygen atoms in total. The minimum Gasteiger partial charge on any atom is -0.494 e. The zero-order valence-corrected chi connectivity index (χ0v) is 23.1. The minimum atomic E-state index is -0.561. The molecule has 0 atom stereocenters. The quantitative estimate of drug-likeness (QED) is 0.323. The smallest absolute Gasteiger partial charge is 0.274 e. The molecule has 0 saturated carbocycles. The SMILES string of the molecule is C=CC(=O)Nc1cccc(-n2c(=O)c(C#N)cc3cnc(Nc4ccc(N5CCN(C(C)=O)CC5)cc4OC)nc32)c1. The number of rotatable bonds is 7. The Bertz CT molecular complexity index is 1800. The number of hydrogen-bond donors (Lipinski definition) is 2. The van der Waals surface area contributed by atoms with E-state index in [0.29, 0.717) is 54.4 Å². The minimum absolute atomic E-state index is 0.0728. The summed E-state index contributed by atoms with van der Waals surface area (Å²) in [6.07, 6.45) is 2.67. The number of amides is 2. The number of hydrogen-bond acceptors (Lipinski definition) is 9. The molecule has 0 unspecified atom stereocenters. The molecule has 0 bridgehead atoms. The lowest BCUT2D eigenvalue weighted by Crippen LogP contribution is -2.48. The third kappa shape index (κ3) is 5.62. The maximum absolute atomic E-state index is 13.3. The molecule has 0 aliphatic carbocycles. The van der Waals surface area contributed by atoms with Crippen molar-refractivity contribution in [2.45, 2.75) is 6.92 Å². The van der Waals surface area contributed by atoms with Crippen molar-refractivity contribution in [2.24, 2.45) is 0 Å². The van der Waals surface area contributed by atoms with Gasteiger partial charge in [0, 0.05) is 62.1 Å². The number of anilines is 4. The molecule has 2 N–H and O–H groups in total. The number of nitrogens with one attached hydrogen (secondary N) is 2.